The van der Waals surface area contributed by atoms with Gasteiger partial charge in [-0.2, -0.15) is 4.37 Å². The number of aryl methyl sites for hydroxylation is 1. The smallest absolute Gasteiger partial charge is 0.301 e. The van der Waals surface area contributed by atoms with Gasteiger partial charge in [-0.3, -0.25) is 9.59 Å². The van der Waals surface area contributed by atoms with E-state index in [1.165, 1.54) is 22.2 Å². The normalized spacial score (nSPS) is 11.1. The van der Waals surface area contributed by atoms with Gasteiger partial charge in [0.15, 0.2) is 5.78 Å². The van der Waals surface area contributed by atoms with Gasteiger partial charge in [0.1, 0.15) is 5.69 Å². The Morgan fingerprint density at radius 2 is 2.04 bits per heavy atom. The van der Waals surface area contributed by atoms with Crippen LogP contribution in [0.1, 0.15) is 16.2 Å². The zero-order chi connectivity index (χ0) is 16.7. The minimum atomic E-state index is -0.425. The molecular weight excluding hydrogens is 382 g/mol. The highest BCUT2D eigenvalue weighted by atomic mass is 79.9. The predicted molar refractivity (Wildman–Crippen MR) is 93.3 cm³/mol. The van der Waals surface area contributed by atoms with Crippen molar-refractivity contribution >= 4 is 43.3 Å². The van der Waals surface area contributed by atoms with Crippen molar-refractivity contribution in [2.24, 2.45) is 7.05 Å². The second-order valence-electron chi connectivity index (χ2n) is 5.07. The average molecular weight is 394 g/mol. The fourth-order valence-electron chi connectivity index (χ4n) is 2.30. The number of hydrogen-bond acceptors (Lipinski definition) is 5. The van der Waals surface area contributed by atoms with Gasteiger partial charge in [0, 0.05) is 24.2 Å². The van der Waals surface area contributed by atoms with Crippen molar-refractivity contribution in [3.05, 3.63) is 56.5 Å². The number of benzene rings is 1. The fourth-order valence-corrected chi connectivity index (χ4v) is 3.34. The zero-order valence-electron chi connectivity index (χ0n) is 12.4. The molecule has 0 aliphatic heterocycles. The van der Waals surface area contributed by atoms with Crippen LogP contribution in [-0.2, 0) is 7.05 Å². The van der Waals surface area contributed by atoms with E-state index >= 15 is 0 Å². The van der Waals surface area contributed by atoms with Crippen LogP contribution in [0.3, 0.4) is 0 Å². The molecule has 8 heteroatoms. The van der Waals surface area contributed by atoms with Crippen LogP contribution >= 0.6 is 27.5 Å². The van der Waals surface area contributed by atoms with Crippen molar-refractivity contribution < 1.29 is 4.79 Å². The van der Waals surface area contributed by atoms with Crippen molar-refractivity contribution in [1.29, 1.82) is 0 Å². The van der Waals surface area contributed by atoms with Crippen LogP contribution < -0.4 is 11.2 Å². The quantitative estimate of drug-likeness (QED) is 0.503. The SMILES string of the molecule is Cc1cc(=O)n(-c2ccc3snc(C(=O)CBr)c3c2)c(=O)n1C. The summed E-state index contributed by atoms with van der Waals surface area (Å²) in [7, 11) is 1.61. The van der Waals surface area contributed by atoms with Gasteiger partial charge < -0.3 is 4.57 Å². The van der Waals surface area contributed by atoms with E-state index in [1.54, 1.807) is 32.2 Å². The first-order chi connectivity index (χ1) is 10.9. The third kappa shape index (κ3) is 2.57. The van der Waals surface area contributed by atoms with Gasteiger partial charge in [-0.25, -0.2) is 9.36 Å². The van der Waals surface area contributed by atoms with Crippen LogP contribution in [0.4, 0.5) is 0 Å². The molecule has 3 rings (SSSR count). The summed E-state index contributed by atoms with van der Waals surface area (Å²) < 4.78 is 7.49. The molecule has 0 N–H and O–H groups in total. The molecule has 0 fully saturated rings. The van der Waals surface area contributed by atoms with Gasteiger partial charge >= 0.3 is 5.69 Å². The van der Waals surface area contributed by atoms with E-state index in [-0.39, 0.29) is 11.1 Å². The molecule has 1 aromatic carbocycles. The molecule has 0 spiro atoms. The van der Waals surface area contributed by atoms with E-state index in [0.29, 0.717) is 22.5 Å². The molecule has 0 radical (unpaired) electrons. The average Bonchev–Trinajstić information content (AvgIpc) is 2.95. The Labute approximate surface area is 143 Å². The van der Waals surface area contributed by atoms with Crippen molar-refractivity contribution in [2.45, 2.75) is 6.92 Å². The number of halogens is 1. The van der Waals surface area contributed by atoms with Gasteiger partial charge in [0.2, 0.25) is 0 Å². The molecule has 118 valence electrons. The number of hydrogen-bond donors (Lipinski definition) is 0. The van der Waals surface area contributed by atoms with E-state index in [1.807, 2.05) is 0 Å². The lowest BCUT2D eigenvalue weighted by molar-refractivity contribution is 0.102. The molecular formula is C15H12BrN3O3S. The standard InChI is InChI=1S/C15H12BrN3O3S/c1-8-5-13(21)19(15(22)18(8)2)9-3-4-12-10(6-9)14(17-23-12)11(20)7-16/h3-6H,7H2,1-2H3. The van der Waals surface area contributed by atoms with Gasteiger partial charge in [-0.15, -0.1) is 0 Å². The van der Waals surface area contributed by atoms with Crippen molar-refractivity contribution in [2.75, 3.05) is 5.33 Å². The van der Waals surface area contributed by atoms with E-state index in [4.69, 9.17) is 0 Å². The third-order valence-corrected chi connectivity index (χ3v) is 4.99. The molecule has 0 atom stereocenters. The number of carbonyl (C=O) groups excluding carboxylic acids is 1. The summed E-state index contributed by atoms with van der Waals surface area (Å²) in [5, 5.41) is 0.814. The summed E-state index contributed by atoms with van der Waals surface area (Å²) in [6.07, 6.45) is 0. The molecule has 23 heavy (non-hydrogen) atoms. The number of rotatable bonds is 3. The largest absolute Gasteiger partial charge is 0.335 e. The minimum absolute atomic E-state index is 0.141. The van der Waals surface area contributed by atoms with Crippen LogP contribution in [0.2, 0.25) is 0 Å². The van der Waals surface area contributed by atoms with Gasteiger partial charge in [-0.1, -0.05) is 15.9 Å². The van der Waals surface area contributed by atoms with Crippen molar-refractivity contribution in [3.8, 4) is 5.69 Å². The Morgan fingerprint density at radius 1 is 1.30 bits per heavy atom. The summed E-state index contributed by atoms with van der Waals surface area (Å²) in [6.45, 7) is 1.70. The van der Waals surface area contributed by atoms with Crippen molar-refractivity contribution in [3.63, 3.8) is 0 Å². The van der Waals surface area contributed by atoms with Gasteiger partial charge in [0.25, 0.3) is 5.56 Å². The molecule has 0 saturated heterocycles. The molecule has 0 bridgehead atoms. The Bertz CT molecular complexity index is 1050. The zero-order valence-corrected chi connectivity index (χ0v) is 14.8. The number of aromatic nitrogens is 3. The molecule has 2 aromatic heterocycles. The maximum atomic E-state index is 12.4. The lowest BCUT2D eigenvalue weighted by Crippen LogP contribution is -2.38. The predicted octanol–water partition coefficient (Wildman–Crippen LogP) is 2.03. The number of ketones is 1. The first kappa shape index (κ1) is 15.8. The van der Waals surface area contributed by atoms with E-state index in [0.717, 1.165) is 9.27 Å². The summed E-state index contributed by atoms with van der Waals surface area (Å²) in [5.41, 5.74) is 0.532. The minimum Gasteiger partial charge on any atom is -0.301 e. The van der Waals surface area contributed by atoms with E-state index in [2.05, 4.69) is 20.3 Å². The summed E-state index contributed by atoms with van der Waals surface area (Å²) in [6, 6.07) is 6.51. The Hall–Kier alpha value is -2.06. The van der Waals surface area contributed by atoms with Crippen LogP contribution in [0, 0.1) is 6.92 Å². The maximum Gasteiger partial charge on any atom is 0.335 e. The van der Waals surface area contributed by atoms with Crippen molar-refractivity contribution in [1.82, 2.24) is 13.5 Å². The maximum absolute atomic E-state index is 12.4. The summed E-state index contributed by atoms with van der Waals surface area (Å²) in [4.78, 5) is 36.6. The second-order valence-corrected chi connectivity index (χ2v) is 6.44. The highest BCUT2D eigenvalue weighted by molar-refractivity contribution is 9.09. The molecule has 6 nitrogen and oxygen atoms in total. The number of fused-ring (bicyclic) bond motifs is 1. The van der Waals surface area contributed by atoms with E-state index < -0.39 is 11.2 Å². The fraction of sp³-hybridized carbons (Fsp3) is 0.200. The highest BCUT2D eigenvalue weighted by Gasteiger charge is 2.15. The molecule has 2 heterocycles. The Kier molecular flexibility index (Phi) is 4.03. The number of Topliss-reactive ketones (excluding diaryl/α,β-unsaturated/α-hetero) is 1. The molecule has 0 aliphatic carbocycles. The van der Waals surface area contributed by atoms with Crippen LogP contribution in [0.25, 0.3) is 15.8 Å². The number of carbonyl (C=O) groups is 1. The van der Waals surface area contributed by atoms with Crippen LogP contribution in [0.5, 0.6) is 0 Å². The van der Waals surface area contributed by atoms with Crippen LogP contribution in [-0.4, -0.2) is 24.6 Å². The lowest BCUT2D eigenvalue weighted by atomic mass is 10.1. The molecule has 0 unspecified atom stereocenters. The molecule has 0 amide bonds. The monoisotopic (exact) mass is 393 g/mol. The molecule has 0 aliphatic rings. The Morgan fingerprint density at radius 3 is 2.74 bits per heavy atom. The lowest BCUT2D eigenvalue weighted by Gasteiger charge is -2.09. The first-order valence-corrected chi connectivity index (χ1v) is 8.62. The first-order valence-electron chi connectivity index (χ1n) is 6.72. The van der Waals surface area contributed by atoms with Gasteiger partial charge in [-0.05, 0) is 36.7 Å². The molecule has 0 saturated carbocycles. The van der Waals surface area contributed by atoms with Crippen LogP contribution in [0.15, 0.2) is 33.9 Å². The third-order valence-electron chi connectivity index (χ3n) is 3.66. The van der Waals surface area contributed by atoms with E-state index in [9.17, 15) is 14.4 Å². The molecule has 3 aromatic rings. The van der Waals surface area contributed by atoms with Gasteiger partial charge in [0.05, 0.1) is 15.7 Å². The summed E-state index contributed by atoms with van der Waals surface area (Å²) >= 11 is 4.35. The number of alkyl halides is 1. The number of nitrogens with zero attached hydrogens (tertiary/aromatic N) is 3. The second kappa shape index (κ2) is 5.86. The topological polar surface area (TPSA) is 74.0 Å². The summed E-state index contributed by atoms with van der Waals surface area (Å²) in [5.74, 6) is -0.141. The highest BCUT2D eigenvalue weighted by Crippen LogP contribution is 2.25. The Balaban J connectivity index is 2.30.